The van der Waals surface area contributed by atoms with Crippen molar-refractivity contribution in [2.75, 3.05) is 12.3 Å². The molecule has 6 heteroatoms. The lowest BCUT2D eigenvalue weighted by atomic mass is 9.89. The number of hydrogen-bond donors (Lipinski definition) is 2. The summed E-state index contributed by atoms with van der Waals surface area (Å²) in [5.74, 6) is 0.445. The summed E-state index contributed by atoms with van der Waals surface area (Å²) in [7, 11) is 0. The van der Waals surface area contributed by atoms with E-state index in [2.05, 4.69) is 15.5 Å². The number of nitrogens with two attached hydrogens (primary N) is 1. The standard InChI is InChI=1S/C8H13N5O/c1-8(2-3-10-7(8)14)5-13-11-4-6(9)12-13/h4H,2-3,5H2,1H3,(H2,9,12)(H,10,14). The zero-order valence-electron chi connectivity index (χ0n) is 8.03. The molecule has 14 heavy (non-hydrogen) atoms. The van der Waals surface area contributed by atoms with Gasteiger partial charge in [-0.2, -0.15) is 9.90 Å². The Morgan fingerprint density at radius 2 is 2.57 bits per heavy atom. The topological polar surface area (TPSA) is 85.8 Å². The molecule has 0 aliphatic carbocycles. The minimum absolute atomic E-state index is 0.0633. The molecule has 0 bridgehead atoms. The van der Waals surface area contributed by atoms with Crippen LogP contribution in [0.3, 0.4) is 0 Å². The molecule has 1 saturated heterocycles. The Morgan fingerprint density at radius 3 is 3.07 bits per heavy atom. The average Bonchev–Trinajstić information content (AvgIpc) is 2.62. The Morgan fingerprint density at radius 1 is 1.79 bits per heavy atom. The fourth-order valence-corrected chi connectivity index (χ4v) is 1.63. The van der Waals surface area contributed by atoms with E-state index in [9.17, 15) is 4.79 Å². The molecule has 76 valence electrons. The lowest BCUT2D eigenvalue weighted by Crippen LogP contribution is -2.33. The van der Waals surface area contributed by atoms with Crippen LogP contribution in [0.1, 0.15) is 13.3 Å². The largest absolute Gasteiger partial charge is 0.381 e. The van der Waals surface area contributed by atoms with Gasteiger partial charge in [0, 0.05) is 6.54 Å². The second-order valence-electron chi connectivity index (χ2n) is 3.87. The van der Waals surface area contributed by atoms with Crippen LogP contribution in [0.5, 0.6) is 0 Å². The molecule has 0 spiro atoms. The van der Waals surface area contributed by atoms with E-state index in [1.807, 2.05) is 6.92 Å². The first-order valence-corrected chi connectivity index (χ1v) is 4.54. The molecule has 1 aromatic heterocycles. The highest BCUT2D eigenvalue weighted by Crippen LogP contribution is 2.27. The maximum atomic E-state index is 11.5. The van der Waals surface area contributed by atoms with Gasteiger partial charge >= 0.3 is 0 Å². The summed E-state index contributed by atoms with van der Waals surface area (Å²) in [5, 5.41) is 10.7. The molecule has 6 nitrogen and oxygen atoms in total. The van der Waals surface area contributed by atoms with Crippen molar-refractivity contribution in [1.29, 1.82) is 0 Å². The van der Waals surface area contributed by atoms with E-state index < -0.39 is 5.41 Å². The van der Waals surface area contributed by atoms with Crippen LogP contribution in [0, 0.1) is 5.41 Å². The highest BCUT2D eigenvalue weighted by atomic mass is 16.2. The summed E-state index contributed by atoms with van der Waals surface area (Å²) in [5.41, 5.74) is 5.04. The Labute approximate surface area is 81.5 Å². The molecule has 0 radical (unpaired) electrons. The normalized spacial score (nSPS) is 26.5. The van der Waals surface area contributed by atoms with Gasteiger partial charge in [-0.25, -0.2) is 0 Å². The third kappa shape index (κ3) is 1.43. The number of carbonyl (C=O) groups is 1. The van der Waals surface area contributed by atoms with E-state index in [4.69, 9.17) is 5.73 Å². The molecule has 1 fully saturated rings. The maximum absolute atomic E-state index is 11.5. The molecule has 0 aromatic carbocycles. The molecule has 0 saturated carbocycles. The maximum Gasteiger partial charge on any atom is 0.227 e. The summed E-state index contributed by atoms with van der Waals surface area (Å²) in [6.45, 7) is 3.12. The number of nitrogen functional groups attached to an aromatic ring is 1. The molecular formula is C8H13N5O. The summed E-state index contributed by atoms with van der Waals surface area (Å²) in [4.78, 5) is 13.0. The Kier molecular flexibility index (Phi) is 1.90. The van der Waals surface area contributed by atoms with Gasteiger partial charge in [0.2, 0.25) is 5.91 Å². The summed E-state index contributed by atoms with van der Waals surface area (Å²) in [6.07, 6.45) is 2.30. The number of rotatable bonds is 2. The first-order chi connectivity index (χ1) is 6.60. The summed E-state index contributed by atoms with van der Waals surface area (Å²) < 4.78 is 0. The zero-order valence-corrected chi connectivity index (χ0v) is 8.03. The van der Waals surface area contributed by atoms with Crippen LogP contribution in [0.4, 0.5) is 5.82 Å². The smallest absolute Gasteiger partial charge is 0.227 e. The van der Waals surface area contributed by atoms with Gasteiger partial charge in [-0.3, -0.25) is 4.79 Å². The quantitative estimate of drug-likeness (QED) is 0.659. The van der Waals surface area contributed by atoms with Crippen LogP contribution in [0.25, 0.3) is 0 Å². The van der Waals surface area contributed by atoms with Crippen molar-refractivity contribution in [3.8, 4) is 0 Å². The molecule has 2 rings (SSSR count). The second-order valence-corrected chi connectivity index (χ2v) is 3.87. The minimum Gasteiger partial charge on any atom is -0.381 e. The second kappa shape index (κ2) is 2.97. The summed E-state index contributed by atoms with van der Waals surface area (Å²) >= 11 is 0. The Hall–Kier alpha value is -1.59. The van der Waals surface area contributed by atoms with Crippen LogP contribution in [0.2, 0.25) is 0 Å². The Bertz CT molecular complexity index is 360. The van der Waals surface area contributed by atoms with Crippen LogP contribution >= 0.6 is 0 Å². The lowest BCUT2D eigenvalue weighted by Gasteiger charge is -2.18. The molecule has 1 aliphatic heterocycles. The van der Waals surface area contributed by atoms with E-state index in [0.717, 1.165) is 13.0 Å². The highest BCUT2D eigenvalue weighted by Gasteiger charge is 2.38. The summed E-state index contributed by atoms with van der Waals surface area (Å²) in [6, 6.07) is 0. The van der Waals surface area contributed by atoms with E-state index in [0.29, 0.717) is 12.4 Å². The van der Waals surface area contributed by atoms with Gasteiger partial charge in [-0.05, 0) is 13.3 Å². The van der Waals surface area contributed by atoms with Crippen LogP contribution in [-0.2, 0) is 11.3 Å². The number of hydrogen-bond acceptors (Lipinski definition) is 4. The predicted molar refractivity (Wildman–Crippen MR) is 50.2 cm³/mol. The lowest BCUT2D eigenvalue weighted by molar-refractivity contribution is -0.127. The van der Waals surface area contributed by atoms with Gasteiger partial charge in [0.25, 0.3) is 0 Å². The molecule has 1 aromatic rings. The fraction of sp³-hybridized carbons (Fsp3) is 0.625. The number of aromatic nitrogens is 3. The van der Waals surface area contributed by atoms with Crippen LogP contribution in [0.15, 0.2) is 6.20 Å². The van der Waals surface area contributed by atoms with Crippen molar-refractivity contribution in [3.05, 3.63) is 6.20 Å². The number of nitrogens with one attached hydrogen (secondary N) is 1. The average molecular weight is 195 g/mol. The highest BCUT2D eigenvalue weighted by molar-refractivity contribution is 5.84. The van der Waals surface area contributed by atoms with E-state index in [1.165, 1.54) is 11.0 Å². The van der Waals surface area contributed by atoms with Gasteiger partial charge in [-0.15, -0.1) is 5.10 Å². The van der Waals surface area contributed by atoms with Gasteiger partial charge in [0.1, 0.15) is 0 Å². The van der Waals surface area contributed by atoms with Gasteiger partial charge in [-0.1, -0.05) is 0 Å². The molecule has 2 heterocycles. The monoisotopic (exact) mass is 195 g/mol. The van der Waals surface area contributed by atoms with Gasteiger partial charge < -0.3 is 11.1 Å². The van der Waals surface area contributed by atoms with Crippen LogP contribution in [-0.4, -0.2) is 27.4 Å². The van der Waals surface area contributed by atoms with Crippen molar-refractivity contribution in [3.63, 3.8) is 0 Å². The molecule has 3 N–H and O–H groups in total. The molecule has 1 aliphatic rings. The van der Waals surface area contributed by atoms with E-state index in [-0.39, 0.29) is 5.91 Å². The number of carbonyl (C=O) groups excluding carboxylic acids is 1. The van der Waals surface area contributed by atoms with Gasteiger partial charge in [0.05, 0.1) is 18.2 Å². The number of nitrogens with zero attached hydrogens (tertiary/aromatic N) is 3. The van der Waals surface area contributed by atoms with Crippen LogP contribution < -0.4 is 11.1 Å². The van der Waals surface area contributed by atoms with Gasteiger partial charge in [0.15, 0.2) is 5.82 Å². The first-order valence-electron chi connectivity index (χ1n) is 4.54. The number of amides is 1. The molecule has 1 atom stereocenters. The molecule has 1 amide bonds. The number of anilines is 1. The molecule has 1 unspecified atom stereocenters. The van der Waals surface area contributed by atoms with Crippen molar-refractivity contribution in [2.24, 2.45) is 5.41 Å². The molecular weight excluding hydrogens is 182 g/mol. The predicted octanol–water partition coefficient (Wildman–Crippen LogP) is -0.613. The van der Waals surface area contributed by atoms with E-state index >= 15 is 0 Å². The van der Waals surface area contributed by atoms with Crippen molar-refractivity contribution >= 4 is 11.7 Å². The third-order valence-electron chi connectivity index (χ3n) is 2.56. The fourth-order valence-electron chi connectivity index (χ4n) is 1.63. The van der Waals surface area contributed by atoms with E-state index in [1.54, 1.807) is 0 Å². The zero-order chi connectivity index (χ0) is 10.2. The van der Waals surface area contributed by atoms with Crippen molar-refractivity contribution < 1.29 is 4.79 Å². The van der Waals surface area contributed by atoms with Crippen molar-refractivity contribution in [1.82, 2.24) is 20.3 Å². The minimum atomic E-state index is -0.397. The van der Waals surface area contributed by atoms with Crippen molar-refractivity contribution in [2.45, 2.75) is 19.9 Å². The first kappa shape index (κ1) is 8.98. The third-order valence-corrected chi connectivity index (χ3v) is 2.56. The Balaban J connectivity index is 2.13. The SMILES string of the molecule is CC1(Cn2ncc(N)n2)CCNC1=O.